The van der Waals surface area contributed by atoms with Gasteiger partial charge in [-0.2, -0.15) is 17.9 Å². The van der Waals surface area contributed by atoms with Gasteiger partial charge in [-0.05, 0) is 29.8 Å². The number of benzene rings is 2. The van der Waals surface area contributed by atoms with Crippen molar-refractivity contribution in [3.8, 4) is 17.1 Å². The molecule has 0 atom stereocenters. The van der Waals surface area contributed by atoms with Crippen molar-refractivity contribution >= 4 is 11.6 Å². The van der Waals surface area contributed by atoms with Crippen LogP contribution >= 0.6 is 11.6 Å². The Labute approximate surface area is 149 Å². The van der Waals surface area contributed by atoms with Crippen molar-refractivity contribution in [2.24, 2.45) is 5.73 Å². The fraction of sp³-hybridized carbons (Fsp3) is 0.125. The maximum atomic E-state index is 13.7. The molecular formula is C16H11ClF4N4O. The van der Waals surface area contributed by atoms with E-state index in [1.54, 1.807) is 18.2 Å². The Morgan fingerprint density at radius 1 is 1.19 bits per heavy atom. The highest BCUT2D eigenvalue weighted by Crippen LogP contribution is 2.32. The number of aromatic nitrogens is 3. The van der Waals surface area contributed by atoms with Gasteiger partial charge in [0.2, 0.25) is 0 Å². The van der Waals surface area contributed by atoms with Crippen LogP contribution in [0.25, 0.3) is 17.1 Å². The van der Waals surface area contributed by atoms with E-state index in [1.807, 2.05) is 0 Å². The Morgan fingerprint density at radius 2 is 1.92 bits per heavy atom. The molecule has 0 unspecified atom stereocenters. The average Bonchev–Trinajstić information content (AvgIpc) is 2.95. The Balaban J connectivity index is 2.07. The van der Waals surface area contributed by atoms with Crippen molar-refractivity contribution in [1.82, 2.24) is 14.8 Å². The van der Waals surface area contributed by atoms with E-state index in [0.717, 1.165) is 16.3 Å². The molecule has 0 saturated heterocycles. The summed E-state index contributed by atoms with van der Waals surface area (Å²) in [6, 6.07) is 6.99. The Kier molecular flexibility index (Phi) is 4.59. The molecule has 0 saturated carbocycles. The quantitative estimate of drug-likeness (QED) is 0.676. The first-order valence-corrected chi connectivity index (χ1v) is 7.64. The smallest absolute Gasteiger partial charge is 0.326 e. The van der Waals surface area contributed by atoms with E-state index in [4.69, 9.17) is 17.3 Å². The summed E-state index contributed by atoms with van der Waals surface area (Å²) in [5, 5.41) is 4.29. The van der Waals surface area contributed by atoms with E-state index < -0.39 is 23.2 Å². The lowest BCUT2D eigenvalue weighted by molar-refractivity contribution is -0.139. The molecule has 136 valence electrons. The zero-order valence-electron chi connectivity index (χ0n) is 12.9. The van der Waals surface area contributed by atoms with Gasteiger partial charge >= 0.3 is 11.9 Å². The van der Waals surface area contributed by atoms with Crippen LogP contribution in [-0.2, 0) is 12.7 Å². The molecule has 0 amide bonds. The van der Waals surface area contributed by atoms with Gasteiger partial charge in [-0.15, -0.1) is 5.10 Å². The first-order valence-electron chi connectivity index (χ1n) is 7.26. The third-order valence-corrected chi connectivity index (χ3v) is 3.97. The molecule has 3 rings (SSSR count). The van der Waals surface area contributed by atoms with Crippen LogP contribution in [0.2, 0.25) is 5.02 Å². The summed E-state index contributed by atoms with van der Waals surface area (Å²) in [7, 11) is 0. The van der Waals surface area contributed by atoms with Crippen molar-refractivity contribution in [1.29, 1.82) is 0 Å². The van der Waals surface area contributed by atoms with Crippen molar-refractivity contribution in [2.75, 3.05) is 0 Å². The molecule has 0 aliphatic carbocycles. The number of rotatable bonds is 3. The summed E-state index contributed by atoms with van der Waals surface area (Å²) in [4.78, 5) is 14.5. The van der Waals surface area contributed by atoms with Gasteiger partial charge in [0.1, 0.15) is 5.82 Å². The largest absolute Gasteiger partial charge is 0.419 e. The zero-order valence-corrected chi connectivity index (χ0v) is 13.7. The molecule has 0 bridgehead atoms. The third kappa shape index (κ3) is 3.35. The first-order chi connectivity index (χ1) is 12.2. The number of hydrogen-bond donors (Lipinski definition) is 2. The maximum absolute atomic E-state index is 13.7. The highest BCUT2D eigenvalue weighted by atomic mass is 35.5. The summed E-state index contributed by atoms with van der Waals surface area (Å²) in [5.41, 5.74) is 4.35. The molecule has 0 spiro atoms. The molecule has 0 radical (unpaired) electrons. The van der Waals surface area contributed by atoms with Crippen LogP contribution in [0.4, 0.5) is 17.6 Å². The highest BCUT2D eigenvalue weighted by Gasteiger charge is 2.34. The number of nitrogens with one attached hydrogen (secondary N) is 1. The minimum atomic E-state index is -4.83. The number of aromatic amines is 1. The van der Waals surface area contributed by atoms with Crippen LogP contribution in [0, 0.1) is 5.82 Å². The normalized spacial score (nSPS) is 11.8. The van der Waals surface area contributed by atoms with Crippen molar-refractivity contribution in [3.63, 3.8) is 0 Å². The second-order valence-corrected chi connectivity index (χ2v) is 5.78. The number of H-pyrrole nitrogens is 1. The van der Waals surface area contributed by atoms with E-state index in [9.17, 15) is 22.4 Å². The lowest BCUT2D eigenvalue weighted by atomic mass is 10.1. The topological polar surface area (TPSA) is 76.7 Å². The summed E-state index contributed by atoms with van der Waals surface area (Å²) in [6.45, 7) is 0.235. The molecule has 3 aromatic rings. The van der Waals surface area contributed by atoms with Gasteiger partial charge in [-0.25, -0.2) is 9.18 Å². The molecule has 1 heterocycles. The molecule has 5 nitrogen and oxygen atoms in total. The molecule has 3 N–H and O–H groups in total. The van der Waals surface area contributed by atoms with E-state index in [2.05, 4.69) is 10.1 Å². The van der Waals surface area contributed by atoms with E-state index in [0.29, 0.717) is 22.7 Å². The standard InChI is InChI=1S/C16H11ClF4N4O/c17-12-4-1-8(7-22)5-10(12)14-23-15(26)25(24-14)9-2-3-11(13(18)6-9)16(19,20)21/h1-6H,7,22H2,(H,23,24,26). The van der Waals surface area contributed by atoms with Crippen LogP contribution in [0.1, 0.15) is 11.1 Å². The average molecular weight is 387 g/mol. The maximum Gasteiger partial charge on any atom is 0.419 e. The third-order valence-electron chi connectivity index (χ3n) is 3.64. The van der Waals surface area contributed by atoms with E-state index >= 15 is 0 Å². The van der Waals surface area contributed by atoms with Gasteiger partial charge < -0.3 is 5.73 Å². The number of nitrogens with two attached hydrogens (primary N) is 1. The van der Waals surface area contributed by atoms with Gasteiger partial charge in [0.05, 0.1) is 16.3 Å². The Morgan fingerprint density at radius 3 is 2.54 bits per heavy atom. The summed E-state index contributed by atoms with van der Waals surface area (Å²) >= 11 is 6.09. The second-order valence-electron chi connectivity index (χ2n) is 5.37. The fourth-order valence-corrected chi connectivity index (χ4v) is 2.57. The molecule has 26 heavy (non-hydrogen) atoms. The van der Waals surface area contributed by atoms with Crippen LogP contribution in [-0.4, -0.2) is 14.8 Å². The molecule has 10 heteroatoms. The minimum Gasteiger partial charge on any atom is -0.326 e. The lowest BCUT2D eigenvalue weighted by Gasteiger charge is -2.08. The van der Waals surface area contributed by atoms with Crippen LogP contribution in [0.3, 0.4) is 0 Å². The molecule has 0 aliphatic heterocycles. The molecular weight excluding hydrogens is 376 g/mol. The Bertz CT molecular complexity index is 1030. The van der Waals surface area contributed by atoms with Gasteiger partial charge in [0.25, 0.3) is 0 Å². The molecule has 1 aromatic heterocycles. The van der Waals surface area contributed by atoms with Crippen LogP contribution < -0.4 is 11.4 Å². The Hall–Kier alpha value is -2.65. The molecule has 2 aromatic carbocycles. The lowest BCUT2D eigenvalue weighted by Crippen LogP contribution is -2.17. The van der Waals surface area contributed by atoms with E-state index in [1.165, 1.54) is 0 Å². The highest BCUT2D eigenvalue weighted by molar-refractivity contribution is 6.33. The van der Waals surface area contributed by atoms with Crippen molar-refractivity contribution in [2.45, 2.75) is 12.7 Å². The van der Waals surface area contributed by atoms with Gasteiger partial charge in [-0.1, -0.05) is 17.7 Å². The number of nitrogens with zero attached hydrogens (tertiary/aromatic N) is 2. The summed E-state index contributed by atoms with van der Waals surface area (Å²) in [6.07, 6.45) is -4.83. The van der Waals surface area contributed by atoms with Crippen molar-refractivity contribution < 1.29 is 17.6 Å². The number of halogens is 5. The second kappa shape index (κ2) is 6.58. The van der Waals surface area contributed by atoms with Gasteiger partial charge in [0.15, 0.2) is 5.82 Å². The van der Waals surface area contributed by atoms with Crippen LogP contribution in [0.5, 0.6) is 0 Å². The predicted octanol–water partition coefficient (Wildman–Crippen LogP) is 3.50. The minimum absolute atomic E-state index is 0.0793. The summed E-state index contributed by atoms with van der Waals surface area (Å²) < 4.78 is 52.4. The van der Waals surface area contributed by atoms with Crippen molar-refractivity contribution in [3.05, 3.63) is 68.8 Å². The van der Waals surface area contributed by atoms with Gasteiger partial charge in [-0.3, -0.25) is 4.98 Å². The predicted molar refractivity (Wildman–Crippen MR) is 87.5 cm³/mol. The SMILES string of the molecule is NCc1ccc(Cl)c(-c2nn(-c3ccc(C(F)(F)F)c(F)c3)c(=O)[nH]2)c1. The molecule has 0 aliphatic rings. The number of hydrogen-bond acceptors (Lipinski definition) is 3. The van der Waals surface area contributed by atoms with Gasteiger partial charge in [0, 0.05) is 18.2 Å². The first kappa shape index (κ1) is 18.2. The zero-order chi connectivity index (χ0) is 19.1. The fourth-order valence-electron chi connectivity index (χ4n) is 2.37. The van der Waals surface area contributed by atoms with Crippen LogP contribution in [0.15, 0.2) is 41.2 Å². The molecule has 0 fully saturated rings. The van der Waals surface area contributed by atoms with E-state index in [-0.39, 0.29) is 18.1 Å². The monoisotopic (exact) mass is 386 g/mol. The number of alkyl halides is 3. The summed E-state index contributed by atoms with van der Waals surface area (Å²) in [5.74, 6) is -1.43.